The summed E-state index contributed by atoms with van der Waals surface area (Å²) >= 11 is 6.48. The fraction of sp³-hybridized carbons (Fsp3) is 0.650. The van der Waals surface area contributed by atoms with Crippen LogP contribution < -0.4 is 5.32 Å². The number of hydrogen-bond acceptors (Lipinski definition) is 6. The molecule has 2 aromatic rings. The van der Waals surface area contributed by atoms with Gasteiger partial charge < -0.3 is 10.1 Å². The summed E-state index contributed by atoms with van der Waals surface area (Å²) in [5, 5.41) is 18.1. The number of aromatic nitrogens is 3. The quantitative estimate of drug-likeness (QED) is 0.767. The van der Waals surface area contributed by atoms with Crippen molar-refractivity contribution < 1.29 is 13.5 Å². The molecule has 2 saturated heterocycles. The van der Waals surface area contributed by atoms with Crippen LogP contribution in [-0.2, 0) is 4.74 Å². The average Bonchev–Trinajstić information content (AvgIpc) is 3.05. The standard InChI is InChI=1S/C20H25ClF2N6O/c1-12(19(22)23)28-6-2-13(3-7-28)18-15(10-24)17(21)16-11-25-20(27-29(16)18)26-14-4-8-30-9-5-14/h11-14,19H,2-9H2,1H3,(H,26,27). The van der Waals surface area contributed by atoms with Crippen LogP contribution in [-0.4, -0.2) is 64.3 Å². The van der Waals surface area contributed by atoms with Crippen LogP contribution in [0.5, 0.6) is 0 Å². The van der Waals surface area contributed by atoms with Gasteiger partial charge in [0, 0.05) is 25.2 Å². The average molecular weight is 439 g/mol. The van der Waals surface area contributed by atoms with E-state index in [1.165, 1.54) is 0 Å². The zero-order chi connectivity index (χ0) is 21.3. The molecule has 7 nitrogen and oxygen atoms in total. The van der Waals surface area contributed by atoms with E-state index in [4.69, 9.17) is 16.3 Å². The van der Waals surface area contributed by atoms with Gasteiger partial charge in [0.25, 0.3) is 6.43 Å². The monoisotopic (exact) mass is 438 g/mol. The van der Waals surface area contributed by atoms with Gasteiger partial charge in [0.15, 0.2) is 0 Å². The van der Waals surface area contributed by atoms with E-state index in [0.29, 0.717) is 61.2 Å². The molecule has 0 aliphatic carbocycles. The van der Waals surface area contributed by atoms with Gasteiger partial charge in [-0.3, -0.25) is 4.90 Å². The van der Waals surface area contributed by atoms with Gasteiger partial charge in [0.05, 0.1) is 28.5 Å². The van der Waals surface area contributed by atoms with Crippen molar-refractivity contribution in [3.8, 4) is 6.07 Å². The Labute approximate surface area is 179 Å². The number of nitrogens with one attached hydrogen (secondary N) is 1. The summed E-state index contributed by atoms with van der Waals surface area (Å²) < 4.78 is 33.2. The first kappa shape index (κ1) is 21.2. The number of nitriles is 1. The predicted octanol–water partition coefficient (Wildman–Crippen LogP) is 3.68. The highest BCUT2D eigenvalue weighted by molar-refractivity contribution is 6.35. The minimum Gasteiger partial charge on any atom is -0.381 e. The highest BCUT2D eigenvalue weighted by Crippen LogP contribution is 2.37. The number of fused-ring (bicyclic) bond motifs is 1. The van der Waals surface area contributed by atoms with Gasteiger partial charge in [-0.15, -0.1) is 5.10 Å². The summed E-state index contributed by atoms with van der Waals surface area (Å²) in [4.78, 5) is 6.18. The molecule has 0 aromatic carbocycles. The third kappa shape index (κ3) is 4.09. The largest absolute Gasteiger partial charge is 0.381 e. The number of rotatable bonds is 5. The minimum atomic E-state index is -2.37. The Morgan fingerprint density at radius 3 is 2.60 bits per heavy atom. The highest BCUT2D eigenvalue weighted by Gasteiger charge is 2.32. The number of likely N-dealkylation sites (tertiary alicyclic amines) is 1. The molecule has 10 heteroatoms. The number of alkyl halides is 2. The maximum atomic E-state index is 13.1. The molecule has 1 unspecified atom stereocenters. The van der Waals surface area contributed by atoms with Gasteiger partial charge in [-0.2, -0.15) is 5.26 Å². The Morgan fingerprint density at radius 1 is 1.27 bits per heavy atom. The third-order valence-corrected chi connectivity index (χ3v) is 6.57. The minimum absolute atomic E-state index is 0.0200. The van der Waals surface area contributed by atoms with Gasteiger partial charge in [-0.25, -0.2) is 18.3 Å². The normalized spacial score (nSPS) is 20.5. The molecule has 0 amide bonds. The van der Waals surface area contributed by atoms with Crippen molar-refractivity contribution in [2.75, 3.05) is 31.6 Å². The SMILES string of the molecule is CC(C(F)F)N1CCC(c2c(C#N)c(Cl)c3cnc(NC4CCOCC4)nn23)CC1. The molecule has 2 fully saturated rings. The van der Waals surface area contributed by atoms with E-state index in [9.17, 15) is 14.0 Å². The molecule has 1 N–H and O–H groups in total. The molecule has 2 aliphatic rings. The van der Waals surface area contributed by atoms with E-state index in [2.05, 4.69) is 21.5 Å². The zero-order valence-corrected chi connectivity index (χ0v) is 17.6. The van der Waals surface area contributed by atoms with E-state index in [-0.39, 0.29) is 12.0 Å². The summed E-state index contributed by atoms with van der Waals surface area (Å²) in [5.41, 5.74) is 1.73. The zero-order valence-electron chi connectivity index (χ0n) is 16.8. The molecular formula is C20H25ClF2N6O. The molecule has 4 heterocycles. The van der Waals surface area contributed by atoms with Crippen LogP contribution in [0.4, 0.5) is 14.7 Å². The Morgan fingerprint density at radius 2 is 1.97 bits per heavy atom. The summed E-state index contributed by atoms with van der Waals surface area (Å²) in [6.07, 6.45) is 2.36. The number of anilines is 1. The number of piperidine rings is 1. The Kier molecular flexibility index (Phi) is 6.37. The fourth-order valence-electron chi connectivity index (χ4n) is 4.34. The smallest absolute Gasteiger partial charge is 0.253 e. The van der Waals surface area contributed by atoms with E-state index < -0.39 is 12.5 Å². The molecule has 30 heavy (non-hydrogen) atoms. The Bertz CT molecular complexity index is 932. The molecule has 0 radical (unpaired) electrons. The van der Waals surface area contributed by atoms with Gasteiger partial charge in [0.1, 0.15) is 11.6 Å². The lowest BCUT2D eigenvalue weighted by molar-refractivity contribution is 0.0224. The van der Waals surface area contributed by atoms with Crippen molar-refractivity contribution in [1.82, 2.24) is 19.5 Å². The van der Waals surface area contributed by atoms with Crippen molar-refractivity contribution in [1.29, 1.82) is 5.26 Å². The van der Waals surface area contributed by atoms with Crippen molar-refractivity contribution in [2.24, 2.45) is 0 Å². The lowest BCUT2D eigenvalue weighted by atomic mass is 9.91. The van der Waals surface area contributed by atoms with Crippen LogP contribution in [0.25, 0.3) is 5.52 Å². The molecule has 2 aromatic heterocycles. The summed E-state index contributed by atoms with van der Waals surface area (Å²) in [6.45, 7) is 4.05. The number of halogens is 3. The maximum absolute atomic E-state index is 13.1. The lowest BCUT2D eigenvalue weighted by Gasteiger charge is -2.35. The lowest BCUT2D eigenvalue weighted by Crippen LogP contribution is -2.43. The van der Waals surface area contributed by atoms with E-state index >= 15 is 0 Å². The third-order valence-electron chi connectivity index (χ3n) is 6.18. The van der Waals surface area contributed by atoms with Crippen LogP contribution in [0, 0.1) is 11.3 Å². The van der Waals surface area contributed by atoms with Crippen molar-refractivity contribution in [3.05, 3.63) is 22.5 Å². The van der Waals surface area contributed by atoms with Crippen LogP contribution in [0.3, 0.4) is 0 Å². The molecule has 4 rings (SSSR count). The van der Waals surface area contributed by atoms with Gasteiger partial charge >= 0.3 is 0 Å². The topological polar surface area (TPSA) is 78.5 Å². The fourth-order valence-corrected chi connectivity index (χ4v) is 4.61. The van der Waals surface area contributed by atoms with Crippen LogP contribution >= 0.6 is 11.6 Å². The predicted molar refractivity (Wildman–Crippen MR) is 109 cm³/mol. The van der Waals surface area contributed by atoms with Crippen molar-refractivity contribution in [3.63, 3.8) is 0 Å². The highest BCUT2D eigenvalue weighted by atomic mass is 35.5. The van der Waals surface area contributed by atoms with Crippen LogP contribution in [0.15, 0.2) is 6.20 Å². The Balaban J connectivity index is 1.61. The van der Waals surface area contributed by atoms with Crippen LogP contribution in [0.2, 0.25) is 5.02 Å². The molecule has 0 saturated carbocycles. The molecular weight excluding hydrogens is 414 g/mol. The first-order chi connectivity index (χ1) is 14.5. The van der Waals surface area contributed by atoms with E-state index in [1.54, 1.807) is 22.5 Å². The summed E-state index contributed by atoms with van der Waals surface area (Å²) in [7, 11) is 0. The molecule has 1 atom stereocenters. The summed E-state index contributed by atoms with van der Waals surface area (Å²) in [5.74, 6) is 0.502. The second kappa shape index (κ2) is 9.00. The molecule has 0 spiro atoms. The van der Waals surface area contributed by atoms with Crippen molar-refractivity contribution in [2.45, 2.75) is 57.0 Å². The van der Waals surface area contributed by atoms with E-state index in [1.807, 2.05) is 0 Å². The first-order valence-electron chi connectivity index (χ1n) is 10.3. The number of hydrogen-bond donors (Lipinski definition) is 1. The second-order valence-electron chi connectivity index (χ2n) is 7.98. The van der Waals surface area contributed by atoms with Crippen molar-refractivity contribution >= 4 is 23.1 Å². The number of nitrogens with zero attached hydrogens (tertiary/aromatic N) is 5. The van der Waals surface area contributed by atoms with Crippen LogP contribution in [0.1, 0.15) is 49.8 Å². The first-order valence-corrected chi connectivity index (χ1v) is 10.7. The number of ether oxygens (including phenoxy) is 1. The van der Waals surface area contributed by atoms with Gasteiger partial charge in [-0.1, -0.05) is 11.6 Å². The Hall–Kier alpha value is -2.02. The summed E-state index contributed by atoms with van der Waals surface area (Å²) in [6, 6.07) is 1.68. The van der Waals surface area contributed by atoms with Gasteiger partial charge in [0.2, 0.25) is 5.95 Å². The molecule has 0 bridgehead atoms. The van der Waals surface area contributed by atoms with Gasteiger partial charge in [-0.05, 0) is 45.7 Å². The molecule has 162 valence electrons. The molecule has 2 aliphatic heterocycles. The maximum Gasteiger partial charge on any atom is 0.253 e. The second-order valence-corrected chi connectivity index (χ2v) is 8.36. The van der Waals surface area contributed by atoms with E-state index in [0.717, 1.165) is 18.5 Å².